The fourth-order valence-electron chi connectivity index (χ4n) is 0.757. The number of nitrogens with one attached hydrogen (secondary N) is 1. The van der Waals surface area contributed by atoms with Crippen LogP contribution in [0.25, 0.3) is 0 Å². The van der Waals surface area contributed by atoms with Gasteiger partial charge in [-0.3, -0.25) is 4.90 Å². The van der Waals surface area contributed by atoms with Gasteiger partial charge >= 0.3 is 0 Å². The SMILES string of the molecule is CCC[NH+]1C=CN=C1.[F-]. The van der Waals surface area contributed by atoms with Crippen LogP contribution in [0, 0.1) is 0 Å². The average molecular weight is 130 g/mol. The van der Waals surface area contributed by atoms with Crippen molar-refractivity contribution in [3.05, 3.63) is 12.4 Å². The number of aliphatic imine (C=N–C) groups is 1. The van der Waals surface area contributed by atoms with Crippen LogP contribution in [0.15, 0.2) is 17.4 Å². The molecule has 0 aromatic heterocycles. The standard InChI is InChI=1S/C6H10N2.FH/c1-2-4-8-5-3-7-6-8;/h3,5-6H,2,4H2,1H3;1H. The van der Waals surface area contributed by atoms with Crippen LogP contribution in [0.2, 0.25) is 0 Å². The molecule has 3 heteroatoms. The number of quaternary nitrogens is 1. The molecule has 0 saturated carbocycles. The Morgan fingerprint density at radius 1 is 1.56 bits per heavy atom. The largest absolute Gasteiger partial charge is 1.00 e. The zero-order chi connectivity index (χ0) is 5.82. The van der Waals surface area contributed by atoms with E-state index in [-0.39, 0.29) is 4.70 Å². The van der Waals surface area contributed by atoms with Crippen LogP contribution in [-0.2, 0) is 0 Å². The van der Waals surface area contributed by atoms with E-state index in [9.17, 15) is 0 Å². The van der Waals surface area contributed by atoms with Crippen LogP contribution in [0.3, 0.4) is 0 Å². The third-order valence-electron chi connectivity index (χ3n) is 1.15. The van der Waals surface area contributed by atoms with Crippen molar-refractivity contribution >= 4 is 6.34 Å². The summed E-state index contributed by atoms with van der Waals surface area (Å²) in [4.78, 5) is 5.29. The fraction of sp³-hybridized carbons (Fsp3) is 0.500. The van der Waals surface area contributed by atoms with Gasteiger partial charge in [0, 0.05) is 0 Å². The van der Waals surface area contributed by atoms with Crippen LogP contribution in [0.1, 0.15) is 13.3 Å². The lowest BCUT2D eigenvalue weighted by Crippen LogP contribution is -3.05. The predicted molar refractivity (Wildman–Crippen MR) is 33.8 cm³/mol. The third-order valence-corrected chi connectivity index (χ3v) is 1.15. The molecule has 1 aliphatic heterocycles. The highest BCUT2D eigenvalue weighted by Crippen LogP contribution is 1.71. The number of rotatable bonds is 2. The molecule has 9 heavy (non-hydrogen) atoms. The average Bonchev–Trinajstić information content (AvgIpc) is 2.19. The van der Waals surface area contributed by atoms with E-state index >= 15 is 0 Å². The zero-order valence-corrected chi connectivity index (χ0v) is 5.47. The number of hydrogen-bond acceptors (Lipinski definition) is 1. The Labute approximate surface area is 54.3 Å². The van der Waals surface area contributed by atoms with Gasteiger partial charge in [0.05, 0.1) is 12.7 Å². The molecule has 0 amide bonds. The summed E-state index contributed by atoms with van der Waals surface area (Å²) >= 11 is 0. The van der Waals surface area contributed by atoms with Crippen molar-refractivity contribution < 1.29 is 9.60 Å². The lowest BCUT2D eigenvalue weighted by Gasteiger charge is -1.99. The molecule has 1 aliphatic rings. The molecule has 1 unspecified atom stereocenters. The lowest BCUT2D eigenvalue weighted by molar-refractivity contribution is -0.736. The molecule has 2 nitrogen and oxygen atoms in total. The molecule has 0 bridgehead atoms. The van der Waals surface area contributed by atoms with Crippen LogP contribution in [-0.4, -0.2) is 12.9 Å². The van der Waals surface area contributed by atoms with Gasteiger partial charge in [0.2, 0.25) is 0 Å². The van der Waals surface area contributed by atoms with Gasteiger partial charge in [-0.25, -0.2) is 4.99 Å². The molecule has 0 aromatic carbocycles. The Morgan fingerprint density at radius 2 is 2.33 bits per heavy atom. The summed E-state index contributed by atoms with van der Waals surface area (Å²) in [6, 6.07) is 0. The summed E-state index contributed by atoms with van der Waals surface area (Å²) in [5.41, 5.74) is 0. The van der Waals surface area contributed by atoms with Gasteiger partial charge in [0.1, 0.15) is 6.20 Å². The monoisotopic (exact) mass is 130 g/mol. The van der Waals surface area contributed by atoms with Gasteiger partial charge in [0.15, 0.2) is 6.34 Å². The van der Waals surface area contributed by atoms with E-state index < -0.39 is 0 Å². The summed E-state index contributed by atoms with van der Waals surface area (Å²) in [7, 11) is 0. The molecule has 0 aliphatic carbocycles. The molecule has 0 spiro atoms. The normalized spacial score (nSPS) is 22.1. The lowest BCUT2D eigenvalue weighted by atomic mass is 10.5. The second-order valence-electron chi connectivity index (χ2n) is 1.92. The summed E-state index contributed by atoms with van der Waals surface area (Å²) in [5.74, 6) is 0. The molecule has 1 rings (SSSR count). The number of halogens is 1. The maximum absolute atomic E-state index is 3.94. The molecular weight excluding hydrogens is 119 g/mol. The first-order valence-corrected chi connectivity index (χ1v) is 2.99. The summed E-state index contributed by atoms with van der Waals surface area (Å²) in [6.07, 6.45) is 7.03. The van der Waals surface area contributed by atoms with Crippen molar-refractivity contribution in [2.75, 3.05) is 6.54 Å². The minimum absolute atomic E-state index is 0. The molecule has 0 saturated heterocycles. The highest BCUT2D eigenvalue weighted by Gasteiger charge is 2.00. The van der Waals surface area contributed by atoms with E-state index in [4.69, 9.17) is 0 Å². The van der Waals surface area contributed by atoms with Gasteiger partial charge in [-0.15, -0.1) is 0 Å². The quantitative estimate of drug-likeness (QED) is 0.405. The Kier molecular flexibility index (Phi) is 3.88. The first-order chi connectivity index (χ1) is 3.93. The summed E-state index contributed by atoms with van der Waals surface area (Å²) < 4.78 is 0. The fourth-order valence-corrected chi connectivity index (χ4v) is 0.757. The Morgan fingerprint density at radius 3 is 2.78 bits per heavy atom. The highest BCUT2D eigenvalue weighted by molar-refractivity contribution is 5.47. The van der Waals surface area contributed by atoms with E-state index in [1.54, 1.807) is 0 Å². The van der Waals surface area contributed by atoms with Crippen LogP contribution < -0.4 is 9.60 Å². The van der Waals surface area contributed by atoms with Crippen molar-refractivity contribution in [1.29, 1.82) is 0 Å². The van der Waals surface area contributed by atoms with E-state index in [0.29, 0.717) is 0 Å². The smallest absolute Gasteiger partial charge is 0.193 e. The maximum Gasteiger partial charge on any atom is 0.193 e. The molecular formula is C6H11FN2. The molecule has 0 fully saturated rings. The predicted octanol–water partition coefficient (Wildman–Crippen LogP) is -3.20. The van der Waals surface area contributed by atoms with Crippen molar-refractivity contribution in [2.24, 2.45) is 4.99 Å². The Balaban J connectivity index is 0.000000640. The number of hydrogen-bond donors (Lipinski definition) is 1. The molecule has 1 N–H and O–H groups in total. The van der Waals surface area contributed by atoms with Crippen molar-refractivity contribution in [1.82, 2.24) is 0 Å². The second-order valence-corrected chi connectivity index (χ2v) is 1.92. The highest BCUT2D eigenvalue weighted by atomic mass is 19.0. The van der Waals surface area contributed by atoms with E-state index in [0.717, 1.165) is 0 Å². The van der Waals surface area contributed by atoms with Gasteiger partial charge in [-0.1, -0.05) is 6.92 Å². The topological polar surface area (TPSA) is 16.8 Å². The van der Waals surface area contributed by atoms with Gasteiger partial charge in [-0.2, -0.15) is 0 Å². The molecule has 52 valence electrons. The minimum Gasteiger partial charge on any atom is -1.00 e. The first-order valence-electron chi connectivity index (χ1n) is 2.99. The molecule has 1 atom stereocenters. The third kappa shape index (κ3) is 2.37. The maximum atomic E-state index is 3.94. The Hall–Kier alpha value is -0.700. The van der Waals surface area contributed by atoms with Crippen molar-refractivity contribution in [3.8, 4) is 0 Å². The molecule has 0 radical (unpaired) electrons. The van der Waals surface area contributed by atoms with Crippen LogP contribution in [0.5, 0.6) is 0 Å². The van der Waals surface area contributed by atoms with E-state index in [1.807, 2.05) is 12.5 Å². The van der Waals surface area contributed by atoms with Crippen molar-refractivity contribution in [3.63, 3.8) is 0 Å². The van der Waals surface area contributed by atoms with Gasteiger partial charge < -0.3 is 4.70 Å². The van der Waals surface area contributed by atoms with Gasteiger partial charge in [0.25, 0.3) is 0 Å². The van der Waals surface area contributed by atoms with E-state index in [2.05, 4.69) is 18.1 Å². The summed E-state index contributed by atoms with van der Waals surface area (Å²) in [5, 5.41) is 0. The second kappa shape index (κ2) is 4.21. The van der Waals surface area contributed by atoms with Crippen LogP contribution >= 0.6 is 0 Å². The van der Waals surface area contributed by atoms with E-state index in [1.165, 1.54) is 17.9 Å². The molecule has 0 aromatic rings. The molecule has 1 heterocycles. The first kappa shape index (κ1) is 8.30. The number of nitrogens with zero attached hydrogens (tertiary/aromatic N) is 1. The van der Waals surface area contributed by atoms with Gasteiger partial charge in [-0.05, 0) is 6.42 Å². The zero-order valence-electron chi connectivity index (χ0n) is 5.47. The summed E-state index contributed by atoms with van der Waals surface area (Å²) in [6.45, 7) is 3.34. The van der Waals surface area contributed by atoms with Crippen molar-refractivity contribution in [2.45, 2.75) is 13.3 Å². The Bertz CT molecular complexity index is 108. The minimum atomic E-state index is 0. The van der Waals surface area contributed by atoms with Crippen LogP contribution in [0.4, 0.5) is 0 Å².